The Bertz CT molecular complexity index is 758. The van der Waals surface area contributed by atoms with Gasteiger partial charge in [-0.3, -0.25) is 0 Å². The van der Waals surface area contributed by atoms with Gasteiger partial charge in [0.25, 0.3) is 0 Å². The summed E-state index contributed by atoms with van der Waals surface area (Å²) in [6.45, 7) is 3.80. The van der Waals surface area contributed by atoms with E-state index in [9.17, 15) is 13.2 Å². The first kappa shape index (κ1) is 16.2. The number of aryl methyl sites for hydroxylation is 2. The number of hydrogen-bond acceptors (Lipinski definition) is 6. The molecule has 0 aliphatic heterocycles. The number of nitrogens with one attached hydrogen (secondary N) is 1. The Labute approximate surface area is 131 Å². The summed E-state index contributed by atoms with van der Waals surface area (Å²) in [5.41, 5.74) is 1.58. The van der Waals surface area contributed by atoms with Gasteiger partial charge in [0.1, 0.15) is 9.77 Å². The highest BCUT2D eigenvalue weighted by molar-refractivity contribution is 7.89. The average molecular weight is 345 g/mol. The van der Waals surface area contributed by atoms with Gasteiger partial charge in [-0.05, 0) is 41.8 Å². The Hall–Kier alpha value is -1.22. The summed E-state index contributed by atoms with van der Waals surface area (Å²) >= 11 is 2.56. The first-order valence-corrected chi connectivity index (χ1v) is 9.30. The second-order valence-corrected chi connectivity index (χ2v) is 8.00. The van der Waals surface area contributed by atoms with Crippen molar-refractivity contribution >= 4 is 38.7 Å². The Morgan fingerprint density at radius 3 is 2.57 bits per heavy atom. The van der Waals surface area contributed by atoms with Crippen LogP contribution in [0.3, 0.4) is 0 Å². The van der Waals surface area contributed by atoms with Gasteiger partial charge in [-0.15, -0.1) is 22.7 Å². The van der Waals surface area contributed by atoms with E-state index in [1.807, 2.05) is 18.4 Å². The summed E-state index contributed by atoms with van der Waals surface area (Å²) in [4.78, 5) is 12.7. The van der Waals surface area contributed by atoms with E-state index >= 15 is 0 Å². The maximum Gasteiger partial charge on any atom is 0.349 e. The third kappa shape index (κ3) is 3.34. The first-order chi connectivity index (χ1) is 9.86. The van der Waals surface area contributed by atoms with Crippen LogP contribution in [-0.4, -0.2) is 21.5 Å². The van der Waals surface area contributed by atoms with Crippen molar-refractivity contribution in [1.82, 2.24) is 4.72 Å². The second-order valence-electron chi connectivity index (χ2n) is 4.42. The largest absolute Gasteiger partial charge is 0.465 e. The summed E-state index contributed by atoms with van der Waals surface area (Å²) in [6.07, 6.45) is 0. The van der Waals surface area contributed by atoms with Gasteiger partial charge in [0.05, 0.1) is 7.11 Å². The number of sulfonamides is 1. The van der Waals surface area contributed by atoms with Crippen molar-refractivity contribution in [3.8, 4) is 0 Å². The van der Waals surface area contributed by atoms with Crippen LogP contribution in [0.1, 0.15) is 25.7 Å². The summed E-state index contributed by atoms with van der Waals surface area (Å²) < 4.78 is 32.1. The van der Waals surface area contributed by atoms with Gasteiger partial charge in [-0.1, -0.05) is 0 Å². The smallest absolute Gasteiger partial charge is 0.349 e. The molecule has 0 aliphatic rings. The van der Waals surface area contributed by atoms with Crippen LogP contribution in [0.25, 0.3) is 0 Å². The van der Waals surface area contributed by atoms with E-state index in [-0.39, 0.29) is 16.3 Å². The fraction of sp³-hybridized carbons (Fsp3) is 0.308. The minimum Gasteiger partial charge on any atom is -0.465 e. The highest BCUT2D eigenvalue weighted by Crippen LogP contribution is 2.28. The van der Waals surface area contributed by atoms with E-state index in [4.69, 9.17) is 0 Å². The molecule has 0 aromatic carbocycles. The molecular formula is C13H15NO4S3. The summed E-state index contributed by atoms with van der Waals surface area (Å²) in [5, 5.41) is 3.55. The number of rotatable bonds is 5. The van der Waals surface area contributed by atoms with Crippen LogP contribution in [-0.2, 0) is 21.3 Å². The lowest BCUT2D eigenvalue weighted by Gasteiger charge is -2.08. The van der Waals surface area contributed by atoms with E-state index in [0.717, 1.165) is 21.8 Å². The molecule has 2 aromatic heterocycles. The Morgan fingerprint density at radius 2 is 2.00 bits per heavy atom. The molecule has 8 heteroatoms. The van der Waals surface area contributed by atoms with Crippen molar-refractivity contribution in [2.45, 2.75) is 25.3 Å². The number of esters is 1. The molecule has 0 bridgehead atoms. The normalized spacial score (nSPS) is 11.6. The minimum atomic E-state index is -3.76. The van der Waals surface area contributed by atoms with Gasteiger partial charge in [0.15, 0.2) is 0 Å². The zero-order valence-electron chi connectivity index (χ0n) is 11.8. The molecule has 0 aliphatic carbocycles. The standard InChI is InChI=1S/C13H15NO4S3/c1-8-4-5-19-10(8)6-14-21(16,17)12-9(2)7-20-11(12)13(15)18-3/h4-5,7,14H,6H2,1-3H3. The first-order valence-electron chi connectivity index (χ1n) is 6.06. The highest BCUT2D eigenvalue weighted by atomic mass is 32.2. The van der Waals surface area contributed by atoms with E-state index in [0.29, 0.717) is 5.56 Å². The van der Waals surface area contributed by atoms with Gasteiger partial charge >= 0.3 is 5.97 Å². The predicted molar refractivity (Wildman–Crippen MR) is 83.5 cm³/mol. The van der Waals surface area contributed by atoms with Crippen molar-refractivity contribution in [2.24, 2.45) is 0 Å². The highest BCUT2D eigenvalue weighted by Gasteiger charge is 2.27. The zero-order valence-corrected chi connectivity index (χ0v) is 14.2. The molecule has 2 heterocycles. The van der Waals surface area contributed by atoms with Crippen LogP contribution in [0.5, 0.6) is 0 Å². The van der Waals surface area contributed by atoms with E-state index in [1.54, 1.807) is 12.3 Å². The molecule has 2 aromatic rings. The maximum absolute atomic E-state index is 12.5. The van der Waals surface area contributed by atoms with Gasteiger partial charge < -0.3 is 4.74 Å². The Balaban J connectivity index is 2.30. The van der Waals surface area contributed by atoms with Crippen molar-refractivity contribution in [3.05, 3.63) is 37.7 Å². The van der Waals surface area contributed by atoms with Gasteiger partial charge in [0, 0.05) is 11.4 Å². The number of ether oxygens (including phenoxy) is 1. The van der Waals surface area contributed by atoms with E-state index < -0.39 is 16.0 Å². The van der Waals surface area contributed by atoms with E-state index in [2.05, 4.69) is 9.46 Å². The van der Waals surface area contributed by atoms with Crippen LogP contribution < -0.4 is 4.72 Å². The molecular weight excluding hydrogens is 330 g/mol. The third-order valence-electron chi connectivity index (χ3n) is 2.95. The van der Waals surface area contributed by atoms with Crippen molar-refractivity contribution in [3.63, 3.8) is 0 Å². The van der Waals surface area contributed by atoms with Crippen LogP contribution in [0.2, 0.25) is 0 Å². The third-order valence-corrected chi connectivity index (χ3v) is 6.77. The summed E-state index contributed by atoms with van der Waals surface area (Å²) in [5.74, 6) is -0.638. The molecule has 1 N–H and O–H groups in total. The number of thiophene rings is 2. The van der Waals surface area contributed by atoms with Crippen LogP contribution in [0.15, 0.2) is 21.7 Å². The number of methoxy groups -OCH3 is 1. The SMILES string of the molecule is COC(=O)c1scc(C)c1S(=O)(=O)NCc1sccc1C. The van der Waals surface area contributed by atoms with Crippen molar-refractivity contribution < 1.29 is 17.9 Å². The molecule has 0 radical (unpaired) electrons. The second kappa shape index (κ2) is 6.27. The minimum absolute atomic E-state index is 0.00793. The lowest BCUT2D eigenvalue weighted by molar-refractivity contribution is 0.0602. The molecule has 0 atom stereocenters. The fourth-order valence-corrected chi connectivity index (χ4v) is 5.45. The van der Waals surface area contributed by atoms with Crippen LogP contribution in [0.4, 0.5) is 0 Å². The predicted octanol–water partition coefficient (Wildman–Crippen LogP) is 2.69. The van der Waals surface area contributed by atoms with Gasteiger partial charge in [0.2, 0.25) is 10.0 Å². The summed E-state index contributed by atoms with van der Waals surface area (Å²) in [6, 6.07) is 1.93. The zero-order chi connectivity index (χ0) is 15.6. The van der Waals surface area contributed by atoms with Crippen molar-refractivity contribution in [2.75, 3.05) is 7.11 Å². The fourth-order valence-electron chi connectivity index (χ4n) is 1.82. The summed E-state index contributed by atoms with van der Waals surface area (Å²) in [7, 11) is -2.53. The molecule has 0 amide bonds. The Kier molecular flexibility index (Phi) is 4.82. The quantitative estimate of drug-likeness (QED) is 0.846. The van der Waals surface area contributed by atoms with Crippen LogP contribution >= 0.6 is 22.7 Å². The molecule has 0 spiro atoms. The van der Waals surface area contributed by atoms with Gasteiger partial charge in [-0.2, -0.15) is 0 Å². The lowest BCUT2D eigenvalue weighted by atomic mass is 10.3. The number of carbonyl (C=O) groups is 1. The number of carbonyl (C=O) groups excluding carboxylic acids is 1. The molecule has 5 nitrogen and oxygen atoms in total. The van der Waals surface area contributed by atoms with E-state index in [1.165, 1.54) is 18.4 Å². The van der Waals surface area contributed by atoms with Crippen LogP contribution in [0, 0.1) is 13.8 Å². The molecule has 0 unspecified atom stereocenters. The molecule has 0 saturated carbocycles. The lowest BCUT2D eigenvalue weighted by Crippen LogP contribution is -2.25. The Morgan fingerprint density at radius 1 is 1.29 bits per heavy atom. The monoisotopic (exact) mass is 345 g/mol. The molecule has 0 fully saturated rings. The molecule has 2 rings (SSSR count). The molecule has 21 heavy (non-hydrogen) atoms. The van der Waals surface area contributed by atoms with Crippen molar-refractivity contribution in [1.29, 1.82) is 0 Å². The number of hydrogen-bond donors (Lipinski definition) is 1. The average Bonchev–Trinajstić information content (AvgIpc) is 3.02. The maximum atomic E-state index is 12.5. The molecule has 0 saturated heterocycles. The topological polar surface area (TPSA) is 72.5 Å². The van der Waals surface area contributed by atoms with Gasteiger partial charge in [-0.25, -0.2) is 17.9 Å². The molecule has 114 valence electrons.